The number of primary amides is 1. The van der Waals surface area contributed by atoms with Crippen LogP contribution in [-0.2, 0) is 20.8 Å². The van der Waals surface area contributed by atoms with Crippen molar-refractivity contribution in [3.63, 3.8) is 0 Å². The predicted molar refractivity (Wildman–Crippen MR) is 108 cm³/mol. The number of hydrogen-bond acceptors (Lipinski definition) is 5. The van der Waals surface area contributed by atoms with Crippen LogP contribution < -0.4 is 21.1 Å². The third kappa shape index (κ3) is 9.05. The second-order valence-corrected chi connectivity index (χ2v) is 6.74. The Labute approximate surface area is 166 Å². The minimum absolute atomic E-state index is 0.128. The first-order valence-electron chi connectivity index (χ1n) is 9.77. The standard InChI is InChI=1S/C20H32N4O4/c1-22-20(23-8-3-9-27-14-16-6-10-26-11-7-16)24-13-17-4-2-5-18(12-17)28-15-19(21)25/h2,4-5,12,16H,3,6-11,13-15H2,1H3,(H2,21,25)(H2,22,23,24). The van der Waals surface area contributed by atoms with Crippen LogP contribution in [0.15, 0.2) is 29.3 Å². The van der Waals surface area contributed by atoms with Crippen molar-refractivity contribution < 1.29 is 19.0 Å². The van der Waals surface area contributed by atoms with Crippen molar-refractivity contribution in [1.29, 1.82) is 0 Å². The van der Waals surface area contributed by atoms with Crippen molar-refractivity contribution in [3.8, 4) is 5.75 Å². The Morgan fingerprint density at radius 2 is 2.14 bits per heavy atom. The molecule has 1 aromatic carbocycles. The molecule has 0 aromatic heterocycles. The van der Waals surface area contributed by atoms with Gasteiger partial charge in [0.05, 0.1) is 0 Å². The number of ether oxygens (including phenoxy) is 3. The molecule has 1 aliphatic heterocycles. The Morgan fingerprint density at radius 1 is 1.32 bits per heavy atom. The van der Waals surface area contributed by atoms with Gasteiger partial charge in [0, 0.05) is 46.6 Å². The highest BCUT2D eigenvalue weighted by Gasteiger charge is 2.13. The van der Waals surface area contributed by atoms with Crippen molar-refractivity contribution >= 4 is 11.9 Å². The smallest absolute Gasteiger partial charge is 0.255 e. The molecule has 0 bridgehead atoms. The Bertz CT molecular complexity index is 618. The summed E-state index contributed by atoms with van der Waals surface area (Å²) in [5, 5.41) is 6.54. The maximum Gasteiger partial charge on any atom is 0.255 e. The van der Waals surface area contributed by atoms with E-state index in [0.717, 1.165) is 63.8 Å². The zero-order chi connectivity index (χ0) is 20.0. The molecule has 8 nitrogen and oxygen atoms in total. The van der Waals surface area contributed by atoms with Crippen molar-refractivity contribution in [1.82, 2.24) is 10.6 Å². The third-order valence-electron chi connectivity index (χ3n) is 4.42. The molecule has 0 radical (unpaired) electrons. The monoisotopic (exact) mass is 392 g/mol. The quantitative estimate of drug-likeness (QED) is 0.295. The van der Waals surface area contributed by atoms with Gasteiger partial charge in [0.15, 0.2) is 12.6 Å². The van der Waals surface area contributed by atoms with E-state index < -0.39 is 5.91 Å². The molecule has 4 N–H and O–H groups in total. The fraction of sp³-hybridized carbons (Fsp3) is 0.600. The van der Waals surface area contributed by atoms with Crippen LogP contribution >= 0.6 is 0 Å². The summed E-state index contributed by atoms with van der Waals surface area (Å²) >= 11 is 0. The molecule has 0 atom stereocenters. The van der Waals surface area contributed by atoms with E-state index in [1.165, 1.54) is 0 Å². The molecular formula is C20H32N4O4. The largest absolute Gasteiger partial charge is 0.484 e. The highest BCUT2D eigenvalue weighted by Crippen LogP contribution is 2.15. The van der Waals surface area contributed by atoms with Gasteiger partial charge in [-0.2, -0.15) is 0 Å². The number of carbonyl (C=O) groups is 1. The van der Waals surface area contributed by atoms with Crippen LogP contribution in [0.3, 0.4) is 0 Å². The second kappa shape index (κ2) is 13.0. The Balaban J connectivity index is 1.59. The number of nitrogens with one attached hydrogen (secondary N) is 2. The van der Waals surface area contributed by atoms with Crippen molar-refractivity contribution in [2.24, 2.45) is 16.6 Å². The molecule has 0 spiro atoms. The van der Waals surface area contributed by atoms with Crippen LogP contribution in [0, 0.1) is 5.92 Å². The van der Waals surface area contributed by atoms with Gasteiger partial charge in [-0.15, -0.1) is 0 Å². The van der Waals surface area contributed by atoms with Crippen LogP contribution in [0.1, 0.15) is 24.8 Å². The van der Waals surface area contributed by atoms with Gasteiger partial charge in [0.2, 0.25) is 0 Å². The number of amides is 1. The molecule has 1 heterocycles. The number of aliphatic imine (C=N–C) groups is 1. The molecule has 1 fully saturated rings. The highest BCUT2D eigenvalue weighted by atomic mass is 16.5. The molecule has 156 valence electrons. The number of benzene rings is 1. The summed E-state index contributed by atoms with van der Waals surface area (Å²) in [6.45, 7) is 4.53. The fourth-order valence-corrected chi connectivity index (χ4v) is 2.85. The molecule has 1 aliphatic rings. The molecule has 1 saturated heterocycles. The lowest BCUT2D eigenvalue weighted by molar-refractivity contribution is -0.119. The fourth-order valence-electron chi connectivity index (χ4n) is 2.85. The van der Waals surface area contributed by atoms with E-state index in [0.29, 0.717) is 18.2 Å². The summed E-state index contributed by atoms with van der Waals surface area (Å²) in [5.41, 5.74) is 6.11. The van der Waals surface area contributed by atoms with E-state index in [2.05, 4.69) is 15.6 Å². The summed E-state index contributed by atoms with van der Waals surface area (Å²) in [4.78, 5) is 15.0. The molecule has 0 unspecified atom stereocenters. The summed E-state index contributed by atoms with van der Waals surface area (Å²) in [6.07, 6.45) is 3.12. The average molecular weight is 393 g/mol. The molecular weight excluding hydrogens is 360 g/mol. The van der Waals surface area contributed by atoms with E-state index in [1.54, 1.807) is 13.1 Å². The third-order valence-corrected chi connectivity index (χ3v) is 4.42. The number of carbonyl (C=O) groups excluding carboxylic acids is 1. The topological polar surface area (TPSA) is 107 Å². The van der Waals surface area contributed by atoms with E-state index in [9.17, 15) is 4.79 Å². The van der Waals surface area contributed by atoms with E-state index in [4.69, 9.17) is 19.9 Å². The molecule has 28 heavy (non-hydrogen) atoms. The van der Waals surface area contributed by atoms with E-state index in [-0.39, 0.29) is 6.61 Å². The summed E-state index contributed by atoms with van der Waals surface area (Å²) in [6, 6.07) is 7.51. The first kappa shape index (κ1) is 22.0. The Hall–Kier alpha value is -2.32. The summed E-state index contributed by atoms with van der Waals surface area (Å²) in [5.74, 6) is 1.49. The molecule has 0 saturated carbocycles. The number of nitrogens with two attached hydrogens (primary N) is 1. The predicted octanol–water partition coefficient (Wildman–Crippen LogP) is 1.05. The lowest BCUT2D eigenvalue weighted by Crippen LogP contribution is -2.37. The first-order valence-corrected chi connectivity index (χ1v) is 9.77. The lowest BCUT2D eigenvalue weighted by Gasteiger charge is -2.21. The zero-order valence-corrected chi connectivity index (χ0v) is 16.6. The summed E-state index contributed by atoms with van der Waals surface area (Å²) in [7, 11) is 1.74. The van der Waals surface area contributed by atoms with Crippen molar-refractivity contribution in [3.05, 3.63) is 29.8 Å². The van der Waals surface area contributed by atoms with Gasteiger partial charge in [0.25, 0.3) is 5.91 Å². The van der Waals surface area contributed by atoms with Crippen LogP contribution in [0.2, 0.25) is 0 Å². The molecule has 1 amide bonds. The van der Waals surface area contributed by atoms with Crippen LogP contribution in [0.25, 0.3) is 0 Å². The lowest BCUT2D eigenvalue weighted by atomic mass is 10.0. The van der Waals surface area contributed by atoms with Crippen LogP contribution in [0.5, 0.6) is 5.75 Å². The SMILES string of the molecule is CN=C(NCCCOCC1CCOCC1)NCc1cccc(OCC(N)=O)c1. The van der Waals surface area contributed by atoms with Gasteiger partial charge in [-0.3, -0.25) is 9.79 Å². The maximum atomic E-state index is 10.8. The maximum absolute atomic E-state index is 10.8. The number of rotatable bonds is 11. The summed E-state index contributed by atoms with van der Waals surface area (Å²) < 4.78 is 16.4. The van der Waals surface area contributed by atoms with Gasteiger partial charge >= 0.3 is 0 Å². The molecule has 0 aliphatic carbocycles. The normalized spacial score (nSPS) is 15.2. The minimum Gasteiger partial charge on any atom is -0.484 e. The molecule has 2 rings (SSSR count). The number of guanidine groups is 1. The molecule has 1 aromatic rings. The van der Waals surface area contributed by atoms with Crippen LogP contribution in [-0.4, -0.2) is 58.5 Å². The van der Waals surface area contributed by atoms with Gasteiger partial charge in [-0.25, -0.2) is 0 Å². The van der Waals surface area contributed by atoms with E-state index >= 15 is 0 Å². The first-order chi connectivity index (χ1) is 13.7. The van der Waals surface area contributed by atoms with Crippen molar-refractivity contribution in [2.45, 2.75) is 25.8 Å². The van der Waals surface area contributed by atoms with Gasteiger partial charge in [-0.1, -0.05) is 12.1 Å². The van der Waals surface area contributed by atoms with Gasteiger partial charge in [-0.05, 0) is 42.9 Å². The van der Waals surface area contributed by atoms with E-state index in [1.807, 2.05) is 18.2 Å². The number of nitrogens with zero attached hydrogens (tertiary/aromatic N) is 1. The van der Waals surface area contributed by atoms with Gasteiger partial charge in [0.1, 0.15) is 5.75 Å². The van der Waals surface area contributed by atoms with Crippen molar-refractivity contribution in [2.75, 3.05) is 46.6 Å². The number of hydrogen-bond donors (Lipinski definition) is 3. The average Bonchev–Trinajstić information content (AvgIpc) is 2.72. The van der Waals surface area contributed by atoms with Crippen LogP contribution in [0.4, 0.5) is 0 Å². The minimum atomic E-state index is -0.495. The zero-order valence-electron chi connectivity index (χ0n) is 16.6. The van der Waals surface area contributed by atoms with Gasteiger partial charge < -0.3 is 30.6 Å². The Kier molecular flexibility index (Phi) is 10.2. The highest BCUT2D eigenvalue weighted by molar-refractivity contribution is 5.79. The second-order valence-electron chi connectivity index (χ2n) is 6.74. The Morgan fingerprint density at radius 3 is 2.89 bits per heavy atom. The molecule has 8 heteroatoms.